The molecular formula is C45H53F8NO2. The lowest BCUT2D eigenvalue weighted by Crippen LogP contribution is -2.53. The summed E-state index contributed by atoms with van der Waals surface area (Å²) in [6, 6.07) is 19.7. The Labute approximate surface area is 325 Å². The summed E-state index contributed by atoms with van der Waals surface area (Å²) in [4.78, 5) is 0. The van der Waals surface area contributed by atoms with Gasteiger partial charge in [0.25, 0.3) is 0 Å². The highest BCUT2D eigenvalue weighted by Crippen LogP contribution is 2.50. The van der Waals surface area contributed by atoms with Gasteiger partial charge in [-0.25, -0.2) is 0 Å². The van der Waals surface area contributed by atoms with Crippen LogP contribution in [0.25, 0.3) is 0 Å². The molecule has 0 aliphatic rings. The third-order valence-corrected chi connectivity index (χ3v) is 12.2. The molecule has 0 radical (unpaired) electrons. The van der Waals surface area contributed by atoms with E-state index in [4.69, 9.17) is 5.73 Å². The molecule has 0 amide bonds. The van der Waals surface area contributed by atoms with Gasteiger partial charge < -0.3 is 15.2 Å². The van der Waals surface area contributed by atoms with Crippen molar-refractivity contribution in [2.45, 2.75) is 134 Å². The van der Waals surface area contributed by atoms with Gasteiger partial charge in [-0.2, -0.15) is 35.1 Å². The molecule has 2 atom stereocenters. The fourth-order valence-corrected chi connectivity index (χ4v) is 6.83. The van der Waals surface area contributed by atoms with Crippen LogP contribution in [0.2, 0.25) is 0 Å². The molecule has 3 nitrogen and oxygen atoms in total. The Hall–Kier alpha value is -4.12. The maximum atomic E-state index is 15.4. The molecule has 2 N–H and O–H groups in total. The summed E-state index contributed by atoms with van der Waals surface area (Å²) in [6.07, 6.45) is -7.78. The van der Waals surface area contributed by atoms with E-state index in [1.54, 1.807) is 45.0 Å². The first-order valence-corrected chi connectivity index (χ1v) is 18.9. The van der Waals surface area contributed by atoms with E-state index in [2.05, 4.69) is 9.47 Å². The Morgan fingerprint density at radius 3 is 0.964 bits per heavy atom. The van der Waals surface area contributed by atoms with Gasteiger partial charge in [0.1, 0.15) is 11.5 Å². The molecule has 0 aliphatic carbocycles. The van der Waals surface area contributed by atoms with Crippen molar-refractivity contribution in [3.8, 4) is 11.5 Å². The van der Waals surface area contributed by atoms with Crippen molar-refractivity contribution in [1.82, 2.24) is 0 Å². The predicted molar refractivity (Wildman–Crippen MR) is 205 cm³/mol. The second-order valence-electron chi connectivity index (χ2n) is 16.1. The fourth-order valence-electron chi connectivity index (χ4n) is 6.83. The first-order valence-electron chi connectivity index (χ1n) is 18.9. The van der Waals surface area contributed by atoms with E-state index >= 15 is 35.1 Å². The second-order valence-corrected chi connectivity index (χ2v) is 16.1. The molecule has 0 aliphatic heterocycles. The molecule has 11 heteroatoms. The molecular weight excluding hydrogens is 738 g/mol. The molecule has 0 spiro atoms. The van der Waals surface area contributed by atoms with Crippen LogP contribution in [0.5, 0.6) is 11.5 Å². The average Bonchev–Trinajstić information content (AvgIpc) is 3.17. The molecule has 0 heterocycles. The lowest BCUT2D eigenvalue weighted by atomic mass is 9.61. The summed E-state index contributed by atoms with van der Waals surface area (Å²) in [7, 11) is 0. The van der Waals surface area contributed by atoms with Crippen LogP contribution in [0.1, 0.15) is 121 Å². The summed E-state index contributed by atoms with van der Waals surface area (Å²) < 4.78 is 131. The van der Waals surface area contributed by atoms with Gasteiger partial charge >= 0.3 is 24.1 Å². The van der Waals surface area contributed by atoms with Gasteiger partial charge in [-0.1, -0.05) is 135 Å². The number of alkyl halides is 8. The summed E-state index contributed by atoms with van der Waals surface area (Å²) in [5.41, 5.74) is 4.49. The predicted octanol–water partition coefficient (Wildman–Crippen LogP) is 13.5. The monoisotopic (exact) mass is 791 g/mol. The molecule has 56 heavy (non-hydrogen) atoms. The fraction of sp³-hybridized carbons (Fsp3) is 0.467. The smallest absolute Gasteiger partial charge is 0.428 e. The van der Waals surface area contributed by atoms with E-state index in [-0.39, 0.29) is 17.3 Å². The molecule has 306 valence electrons. The van der Waals surface area contributed by atoms with E-state index in [9.17, 15) is 0 Å². The number of rotatable bonds is 17. The van der Waals surface area contributed by atoms with Crippen molar-refractivity contribution in [3.63, 3.8) is 0 Å². The minimum absolute atomic E-state index is 0.204. The molecule has 2 unspecified atom stereocenters. The van der Waals surface area contributed by atoms with Crippen LogP contribution in [0.15, 0.2) is 97.1 Å². The number of hydrogen-bond donors (Lipinski definition) is 1. The van der Waals surface area contributed by atoms with Gasteiger partial charge in [0, 0.05) is 16.5 Å². The first kappa shape index (κ1) is 44.6. The maximum absolute atomic E-state index is 15.4. The van der Waals surface area contributed by atoms with Gasteiger partial charge in [0.15, 0.2) is 0 Å². The quantitative estimate of drug-likeness (QED) is 0.108. The summed E-state index contributed by atoms with van der Waals surface area (Å²) in [6.45, 7) is 17.1. The molecule has 4 aromatic rings. The van der Waals surface area contributed by atoms with E-state index < -0.39 is 57.6 Å². The number of benzene rings is 4. The van der Waals surface area contributed by atoms with Gasteiger partial charge in [0.2, 0.25) is 0 Å². The highest BCUT2D eigenvalue weighted by molar-refractivity contribution is 5.41. The highest BCUT2D eigenvalue weighted by Gasteiger charge is 2.62. The van der Waals surface area contributed by atoms with Crippen molar-refractivity contribution in [2.24, 2.45) is 5.73 Å². The number of nitrogens with two attached hydrogens (primary N) is 1. The van der Waals surface area contributed by atoms with Crippen LogP contribution in [0, 0.1) is 0 Å². The Morgan fingerprint density at radius 2 is 0.679 bits per heavy atom. The molecule has 0 fully saturated rings. The highest BCUT2D eigenvalue weighted by atomic mass is 19.3. The van der Waals surface area contributed by atoms with E-state index in [0.717, 1.165) is 48.2 Å². The molecule has 0 aromatic heterocycles. The van der Waals surface area contributed by atoms with Crippen molar-refractivity contribution in [2.75, 3.05) is 0 Å². The van der Waals surface area contributed by atoms with Crippen LogP contribution < -0.4 is 15.2 Å². The topological polar surface area (TPSA) is 44.5 Å². The Morgan fingerprint density at radius 1 is 0.393 bits per heavy atom. The lowest BCUT2D eigenvalue weighted by Gasteiger charge is -2.47. The van der Waals surface area contributed by atoms with Gasteiger partial charge in [0.05, 0.1) is 5.54 Å². The van der Waals surface area contributed by atoms with Crippen molar-refractivity contribution >= 4 is 0 Å². The first-order chi connectivity index (χ1) is 25.8. The van der Waals surface area contributed by atoms with Crippen molar-refractivity contribution in [3.05, 3.63) is 130 Å². The van der Waals surface area contributed by atoms with E-state index in [1.165, 1.54) is 48.5 Å². The Bertz CT molecular complexity index is 1770. The molecule has 4 aromatic carbocycles. The number of hydrogen-bond acceptors (Lipinski definition) is 3. The SMILES string of the molecule is CCC(C)(C)c1ccc(OC(F)(F)C(F)(F)c2ccc(C(C)(CC)C(N)(CC)c3ccc(C(F)(F)C(F)(F)Oc4ccc(C(C)(C)CC)cc4)cc3)cc2)cc1. The van der Waals surface area contributed by atoms with E-state index in [0.29, 0.717) is 17.5 Å². The second kappa shape index (κ2) is 15.7. The maximum Gasteiger partial charge on any atom is 0.469 e. The number of ether oxygens (including phenoxy) is 2. The summed E-state index contributed by atoms with van der Waals surface area (Å²) in [5.74, 6) is -10.3. The molecule has 0 saturated heterocycles. The van der Waals surface area contributed by atoms with E-state index in [1.807, 2.05) is 41.5 Å². The normalized spacial score (nSPS) is 15.5. The van der Waals surface area contributed by atoms with Crippen molar-refractivity contribution in [1.29, 1.82) is 0 Å². The third kappa shape index (κ3) is 8.16. The standard InChI is InChI=1S/C45H53F8NO2/c1-10-38(5,6)30-22-26-36(27-23-30)55-44(50,51)42(46,47)34-18-14-32(15-19-34)40(9,12-3)41(54,13-4)33-16-20-35(21-17-33)43(48,49)45(52,53)56-37-28-24-31(25-29-37)39(7,8)11-2/h14-29H,10-13,54H2,1-9H3. The zero-order valence-corrected chi connectivity index (χ0v) is 33.5. The molecule has 0 bridgehead atoms. The van der Waals surface area contributed by atoms with Gasteiger partial charge in [-0.15, -0.1) is 0 Å². The largest absolute Gasteiger partial charge is 0.469 e. The average molecular weight is 792 g/mol. The van der Waals surface area contributed by atoms with Crippen molar-refractivity contribution < 1.29 is 44.6 Å². The van der Waals surface area contributed by atoms with Crippen LogP contribution >= 0.6 is 0 Å². The third-order valence-electron chi connectivity index (χ3n) is 12.2. The summed E-state index contributed by atoms with van der Waals surface area (Å²) in [5, 5.41) is 0. The zero-order valence-electron chi connectivity index (χ0n) is 33.5. The Balaban J connectivity index is 1.57. The zero-order chi connectivity index (χ0) is 42.2. The van der Waals surface area contributed by atoms with Crippen LogP contribution in [0.4, 0.5) is 35.1 Å². The minimum atomic E-state index is -4.92. The molecule has 0 saturated carbocycles. The molecule has 4 rings (SSSR count). The van der Waals surface area contributed by atoms with Crippen LogP contribution in [0.3, 0.4) is 0 Å². The van der Waals surface area contributed by atoms with Crippen LogP contribution in [-0.2, 0) is 33.6 Å². The Kier molecular flexibility index (Phi) is 12.5. The van der Waals surface area contributed by atoms with Crippen LogP contribution in [-0.4, -0.2) is 12.2 Å². The minimum Gasteiger partial charge on any atom is -0.428 e. The summed E-state index contributed by atoms with van der Waals surface area (Å²) >= 11 is 0. The lowest BCUT2D eigenvalue weighted by molar-refractivity contribution is -0.316. The van der Waals surface area contributed by atoms with Gasteiger partial charge in [-0.3, -0.25) is 0 Å². The van der Waals surface area contributed by atoms with Gasteiger partial charge in [-0.05, 0) is 83.0 Å². The number of halogens is 8.